The van der Waals surface area contributed by atoms with Crippen LogP contribution in [0.2, 0.25) is 0 Å². The summed E-state index contributed by atoms with van der Waals surface area (Å²) in [6, 6.07) is 7.40. The lowest BCUT2D eigenvalue weighted by molar-refractivity contribution is 0.401. The van der Waals surface area contributed by atoms with Gasteiger partial charge in [0.2, 0.25) is 0 Å². The maximum atomic E-state index is 5.22. The van der Waals surface area contributed by atoms with Crippen molar-refractivity contribution in [2.45, 2.75) is 38.5 Å². The van der Waals surface area contributed by atoms with E-state index in [9.17, 15) is 0 Å². The summed E-state index contributed by atoms with van der Waals surface area (Å²) in [7, 11) is 1.70. The molecule has 0 spiro atoms. The fraction of sp³-hybridized carbons (Fsp3) is 0.538. The van der Waals surface area contributed by atoms with Crippen LogP contribution in [0, 0.1) is 6.07 Å². The molecule has 14 heavy (non-hydrogen) atoms. The number of rotatable bonds is 1. The fourth-order valence-corrected chi connectivity index (χ4v) is 2.31. The van der Waals surface area contributed by atoms with E-state index in [1.807, 2.05) is 0 Å². The minimum absolute atomic E-state index is 0.302. The zero-order valence-electron chi connectivity index (χ0n) is 9.18. The van der Waals surface area contributed by atoms with Crippen LogP contribution in [0.5, 0.6) is 5.75 Å². The van der Waals surface area contributed by atoms with Crippen molar-refractivity contribution < 1.29 is 4.74 Å². The minimum Gasteiger partial charge on any atom is -0.496 e. The molecule has 1 radical (unpaired) electrons. The van der Waals surface area contributed by atoms with E-state index in [-0.39, 0.29) is 0 Å². The predicted molar refractivity (Wildman–Crippen MR) is 57.8 cm³/mol. The standard InChI is InChI=1S/C13H17O/c1-13(2)8-4-5-10-6-7-11(14-3)9-12(10)13/h6,9H,4-5,8H2,1-3H3. The average molecular weight is 189 g/mol. The van der Waals surface area contributed by atoms with E-state index < -0.39 is 0 Å². The quantitative estimate of drug-likeness (QED) is 0.659. The highest BCUT2D eigenvalue weighted by Crippen LogP contribution is 2.38. The highest BCUT2D eigenvalue weighted by atomic mass is 16.5. The molecule has 0 saturated carbocycles. The number of hydrogen-bond acceptors (Lipinski definition) is 1. The molecule has 1 nitrogen and oxygen atoms in total. The van der Waals surface area contributed by atoms with Gasteiger partial charge >= 0.3 is 0 Å². The molecule has 1 aliphatic carbocycles. The minimum atomic E-state index is 0.302. The van der Waals surface area contributed by atoms with Gasteiger partial charge in [0.1, 0.15) is 5.75 Å². The Bertz CT molecular complexity index is 339. The molecule has 1 aromatic rings. The number of benzene rings is 1. The Hall–Kier alpha value is -0.980. The van der Waals surface area contributed by atoms with Crippen molar-refractivity contribution in [3.8, 4) is 5.75 Å². The number of ether oxygens (including phenoxy) is 1. The Kier molecular flexibility index (Phi) is 2.26. The first-order chi connectivity index (χ1) is 6.63. The van der Waals surface area contributed by atoms with Gasteiger partial charge in [-0.2, -0.15) is 0 Å². The second-order valence-corrected chi connectivity index (χ2v) is 4.68. The van der Waals surface area contributed by atoms with Gasteiger partial charge in [-0.25, -0.2) is 0 Å². The normalized spacial score (nSPS) is 18.8. The molecule has 1 heteroatoms. The molecule has 0 unspecified atom stereocenters. The lowest BCUT2D eigenvalue weighted by atomic mass is 9.73. The Balaban J connectivity index is 2.49. The fourth-order valence-electron chi connectivity index (χ4n) is 2.31. The Morgan fingerprint density at radius 2 is 2.21 bits per heavy atom. The van der Waals surface area contributed by atoms with Crippen molar-refractivity contribution in [2.24, 2.45) is 0 Å². The van der Waals surface area contributed by atoms with Crippen molar-refractivity contribution in [3.63, 3.8) is 0 Å². The van der Waals surface area contributed by atoms with Crippen LogP contribution in [0.1, 0.15) is 37.8 Å². The van der Waals surface area contributed by atoms with E-state index in [0.717, 1.165) is 5.75 Å². The highest BCUT2D eigenvalue weighted by Gasteiger charge is 2.27. The lowest BCUT2D eigenvalue weighted by Gasteiger charge is -2.32. The molecule has 0 amide bonds. The van der Waals surface area contributed by atoms with E-state index in [2.05, 4.69) is 32.0 Å². The van der Waals surface area contributed by atoms with Gasteiger partial charge in [-0.1, -0.05) is 13.8 Å². The maximum absolute atomic E-state index is 5.22. The highest BCUT2D eigenvalue weighted by molar-refractivity contribution is 5.40. The summed E-state index contributed by atoms with van der Waals surface area (Å²) in [5, 5.41) is 0. The molecule has 0 atom stereocenters. The van der Waals surface area contributed by atoms with Crippen LogP contribution < -0.4 is 4.74 Å². The Morgan fingerprint density at radius 3 is 2.93 bits per heavy atom. The first-order valence-corrected chi connectivity index (χ1v) is 5.22. The maximum Gasteiger partial charge on any atom is 0.127 e. The summed E-state index contributed by atoms with van der Waals surface area (Å²) >= 11 is 0. The summed E-state index contributed by atoms with van der Waals surface area (Å²) in [5.41, 5.74) is 3.19. The van der Waals surface area contributed by atoms with Gasteiger partial charge in [0.05, 0.1) is 7.11 Å². The van der Waals surface area contributed by atoms with Crippen LogP contribution in [0.15, 0.2) is 12.1 Å². The second kappa shape index (κ2) is 3.30. The SMILES string of the molecule is COc1[c]cc2c(c1)C(C)(C)CCC2. The summed E-state index contributed by atoms with van der Waals surface area (Å²) in [4.78, 5) is 0. The second-order valence-electron chi connectivity index (χ2n) is 4.68. The van der Waals surface area contributed by atoms with E-state index in [1.54, 1.807) is 7.11 Å². The molecule has 2 rings (SSSR count). The third-order valence-corrected chi connectivity index (χ3v) is 3.21. The van der Waals surface area contributed by atoms with Crippen molar-refractivity contribution in [3.05, 3.63) is 29.3 Å². The van der Waals surface area contributed by atoms with Crippen LogP contribution in [0.25, 0.3) is 0 Å². The number of aryl methyl sites for hydroxylation is 1. The molecule has 75 valence electrons. The van der Waals surface area contributed by atoms with Gasteiger partial charge < -0.3 is 4.74 Å². The van der Waals surface area contributed by atoms with Crippen molar-refractivity contribution in [2.75, 3.05) is 7.11 Å². The van der Waals surface area contributed by atoms with Crippen molar-refractivity contribution >= 4 is 0 Å². The van der Waals surface area contributed by atoms with Gasteiger partial charge in [-0.15, -0.1) is 0 Å². The van der Waals surface area contributed by atoms with Gasteiger partial charge in [0.25, 0.3) is 0 Å². The summed E-state index contributed by atoms with van der Waals surface area (Å²) < 4.78 is 5.22. The molecule has 1 aliphatic rings. The van der Waals surface area contributed by atoms with Crippen molar-refractivity contribution in [1.29, 1.82) is 0 Å². The van der Waals surface area contributed by atoms with Gasteiger partial charge in [-0.3, -0.25) is 0 Å². The topological polar surface area (TPSA) is 9.23 Å². The van der Waals surface area contributed by atoms with Gasteiger partial charge in [0, 0.05) is 6.07 Å². The lowest BCUT2D eigenvalue weighted by Crippen LogP contribution is -2.23. The van der Waals surface area contributed by atoms with Crippen LogP contribution in [0.3, 0.4) is 0 Å². The van der Waals surface area contributed by atoms with Crippen LogP contribution in [-0.4, -0.2) is 7.11 Å². The molecular formula is C13H17O. The molecule has 1 aromatic carbocycles. The number of hydrogen-bond donors (Lipinski definition) is 0. The van der Waals surface area contributed by atoms with Gasteiger partial charge in [-0.05, 0) is 47.9 Å². The number of methoxy groups -OCH3 is 1. The summed E-state index contributed by atoms with van der Waals surface area (Å²) in [5.74, 6) is 0.860. The smallest absolute Gasteiger partial charge is 0.127 e. The zero-order chi connectivity index (χ0) is 10.2. The first kappa shape index (κ1) is 9.57. The summed E-state index contributed by atoms with van der Waals surface area (Å²) in [6.07, 6.45) is 3.76. The average Bonchev–Trinajstić information content (AvgIpc) is 2.17. The molecule has 0 bridgehead atoms. The third kappa shape index (κ3) is 1.52. The molecule has 0 fully saturated rings. The molecular weight excluding hydrogens is 172 g/mol. The van der Waals surface area contributed by atoms with Crippen LogP contribution in [-0.2, 0) is 11.8 Å². The van der Waals surface area contributed by atoms with Crippen LogP contribution >= 0.6 is 0 Å². The molecule has 0 N–H and O–H groups in total. The predicted octanol–water partition coefficient (Wildman–Crippen LogP) is 3.11. The number of fused-ring (bicyclic) bond motifs is 1. The first-order valence-electron chi connectivity index (χ1n) is 5.22. The molecule has 0 aromatic heterocycles. The zero-order valence-corrected chi connectivity index (χ0v) is 9.18. The Morgan fingerprint density at radius 1 is 1.43 bits per heavy atom. The molecule has 0 heterocycles. The third-order valence-electron chi connectivity index (χ3n) is 3.21. The monoisotopic (exact) mass is 189 g/mol. The van der Waals surface area contributed by atoms with Crippen molar-refractivity contribution in [1.82, 2.24) is 0 Å². The van der Waals surface area contributed by atoms with Gasteiger partial charge in [0.15, 0.2) is 0 Å². The Labute approximate surface area is 86.1 Å². The molecule has 0 aliphatic heterocycles. The van der Waals surface area contributed by atoms with E-state index in [4.69, 9.17) is 4.74 Å². The largest absolute Gasteiger partial charge is 0.496 e. The van der Waals surface area contributed by atoms with E-state index in [0.29, 0.717) is 5.41 Å². The van der Waals surface area contributed by atoms with E-state index in [1.165, 1.54) is 30.4 Å². The van der Waals surface area contributed by atoms with Crippen LogP contribution in [0.4, 0.5) is 0 Å². The molecule has 0 saturated heterocycles. The summed E-state index contributed by atoms with van der Waals surface area (Å²) in [6.45, 7) is 4.62. The van der Waals surface area contributed by atoms with E-state index >= 15 is 0 Å².